The van der Waals surface area contributed by atoms with Gasteiger partial charge in [-0.25, -0.2) is 19.0 Å². The summed E-state index contributed by atoms with van der Waals surface area (Å²) in [6.07, 6.45) is 0.713. The van der Waals surface area contributed by atoms with E-state index >= 15 is 0 Å². The predicted molar refractivity (Wildman–Crippen MR) is 108 cm³/mol. The van der Waals surface area contributed by atoms with Crippen LogP contribution in [-0.4, -0.2) is 31.8 Å². The normalized spacial score (nSPS) is 11.3. The smallest absolute Gasteiger partial charge is 0.243 e. The zero-order chi connectivity index (χ0) is 21.7. The Hall–Kier alpha value is -3.21. The fourth-order valence-electron chi connectivity index (χ4n) is 3.11. The fourth-order valence-corrected chi connectivity index (χ4v) is 3.85. The highest BCUT2D eigenvalue weighted by atomic mass is 32.2. The Balaban J connectivity index is 2.12. The second-order valence-corrected chi connectivity index (χ2v) is 8.02. The summed E-state index contributed by atoms with van der Waals surface area (Å²) in [7, 11) is -2.46. The molecule has 158 valence electrons. The monoisotopic (exact) mass is 431 g/mol. The number of hydroxylamine groups is 1. The third-order valence-electron chi connectivity index (χ3n) is 4.52. The number of aromatic nitrogens is 1. The van der Waals surface area contributed by atoms with E-state index in [1.54, 1.807) is 55.1 Å². The summed E-state index contributed by atoms with van der Waals surface area (Å²) in [6.45, 7) is 0. The van der Waals surface area contributed by atoms with E-state index in [1.165, 1.54) is 6.07 Å². The first-order valence-corrected chi connectivity index (χ1v) is 10.6. The molecule has 0 aliphatic heterocycles. The maximum absolute atomic E-state index is 12.2. The van der Waals surface area contributed by atoms with Crippen molar-refractivity contribution in [3.05, 3.63) is 54.3 Å². The summed E-state index contributed by atoms with van der Waals surface area (Å²) < 4.78 is 35.0. The van der Waals surface area contributed by atoms with E-state index < -0.39 is 15.9 Å². The Bertz CT molecular complexity index is 1140. The van der Waals surface area contributed by atoms with Crippen LogP contribution in [0.15, 0.2) is 57.9 Å². The lowest BCUT2D eigenvalue weighted by atomic mass is 9.97. The quantitative estimate of drug-likeness (QED) is 0.367. The molecule has 0 aliphatic rings. The van der Waals surface area contributed by atoms with Gasteiger partial charge in [0.2, 0.25) is 15.9 Å². The van der Waals surface area contributed by atoms with Crippen molar-refractivity contribution in [3.8, 4) is 28.1 Å². The molecule has 1 heterocycles. The summed E-state index contributed by atoms with van der Waals surface area (Å²) in [5.74, 6) is 0.531. The van der Waals surface area contributed by atoms with E-state index in [-0.39, 0.29) is 11.3 Å². The van der Waals surface area contributed by atoms with Crippen LogP contribution in [0.5, 0.6) is 5.75 Å². The molecular formula is C20H21N3O6S. The maximum Gasteiger partial charge on any atom is 0.243 e. The zero-order valence-electron chi connectivity index (χ0n) is 16.2. The van der Waals surface area contributed by atoms with Crippen molar-refractivity contribution in [2.24, 2.45) is 5.14 Å². The van der Waals surface area contributed by atoms with E-state index in [0.717, 1.165) is 0 Å². The average molecular weight is 431 g/mol. The minimum absolute atomic E-state index is 0.0580. The van der Waals surface area contributed by atoms with Crippen molar-refractivity contribution < 1.29 is 27.7 Å². The lowest BCUT2D eigenvalue weighted by molar-refractivity contribution is -0.129. The molecular weight excluding hydrogens is 410 g/mol. The molecule has 1 aromatic heterocycles. The number of hydrogen-bond acceptors (Lipinski definition) is 7. The molecule has 0 spiro atoms. The number of ether oxygens (including phenoxy) is 1. The first-order chi connectivity index (χ1) is 14.3. The molecule has 0 bridgehead atoms. The Morgan fingerprint density at radius 2 is 1.90 bits per heavy atom. The van der Waals surface area contributed by atoms with Crippen molar-refractivity contribution >= 4 is 15.9 Å². The number of carbonyl (C=O) groups excluding carboxylic acids is 1. The Kier molecular flexibility index (Phi) is 6.50. The Morgan fingerprint density at radius 1 is 1.20 bits per heavy atom. The summed E-state index contributed by atoms with van der Waals surface area (Å²) in [5, 5.41) is 18.2. The van der Waals surface area contributed by atoms with Gasteiger partial charge in [-0.15, -0.1) is 0 Å². The van der Waals surface area contributed by atoms with Crippen LogP contribution in [0.3, 0.4) is 0 Å². The van der Waals surface area contributed by atoms with Gasteiger partial charge >= 0.3 is 0 Å². The molecule has 2 aromatic carbocycles. The number of nitrogens with one attached hydrogen (secondary N) is 1. The number of primary sulfonamides is 1. The summed E-state index contributed by atoms with van der Waals surface area (Å²) in [6, 6.07) is 13.4. The number of nitrogens with zero attached hydrogens (tertiary/aromatic N) is 1. The molecule has 0 atom stereocenters. The van der Waals surface area contributed by atoms with Crippen LogP contribution >= 0.6 is 0 Å². The van der Waals surface area contributed by atoms with Crippen LogP contribution in [0, 0.1) is 0 Å². The lowest BCUT2D eigenvalue weighted by Gasteiger charge is -2.10. The first kappa shape index (κ1) is 21.5. The highest BCUT2D eigenvalue weighted by Gasteiger charge is 2.24. The van der Waals surface area contributed by atoms with Crippen molar-refractivity contribution in [3.63, 3.8) is 0 Å². The van der Waals surface area contributed by atoms with Gasteiger partial charge in [0, 0.05) is 24.0 Å². The van der Waals surface area contributed by atoms with Crippen LogP contribution in [0.4, 0.5) is 0 Å². The molecule has 0 saturated carbocycles. The number of sulfonamides is 1. The molecule has 0 unspecified atom stereocenters. The molecule has 1 amide bonds. The Morgan fingerprint density at radius 3 is 2.53 bits per heavy atom. The van der Waals surface area contributed by atoms with E-state index in [9.17, 15) is 13.2 Å². The van der Waals surface area contributed by atoms with Gasteiger partial charge in [0.1, 0.15) is 17.2 Å². The van der Waals surface area contributed by atoms with E-state index in [1.807, 2.05) is 0 Å². The van der Waals surface area contributed by atoms with Gasteiger partial charge in [-0.1, -0.05) is 23.4 Å². The highest BCUT2D eigenvalue weighted by Crippen LogP contribution is 2.38. The number of methoxy groups -OCH3 is 1. The first-order valence-electron chi connectivity index (χ1n) is 9.03. The lowest BCUT2D eigenvalue weighted by Crippen LogP contribution is -2.18. The molecule has 0 fully saturated rings. The van der Waals surface area contributed by atoms with Crippen molar-refractivity contribution in [1.29, 1.82) is 0 Å². The maximum atomic E-state index is 12.2. The van der Waals surface area contributed by atoms with E-state index in [2.05, 4.69) is 5.16 Å². The van der Waals surface area contributed by atoms with Crippen molar-refractivity contribution in [2.75, 3.05) is 7.11 Å². The highest BCUT2D eigenvalue weighted by molar-refractivity contribution is 7.89. The van der Waals surface area contributed by atoms with Crippen LogP contribution in [0.2, 0.25) is 0 Å². The van der Waals surface area contributed by atoms with Crippen LogP contribution in [0.1, 0.15) is 18.6 Å². The number of rotatable bonds is 8. The molecule has 9 nitrogen and oxygen atoms in total. The number of nitrogens with two attached hydrogens (primary N) is 1. The van der Waals surface area contributed by atoms with Gasteiger partial charge in [0.15, 0.2) is 0 Å². The molecule has 10 heteroatoms. The Labute approximate surface area is 173 Å². The number of carbonyl (C=O) groups is 1. The zero-order valence-corrected chi connectivity index (χ0v) is 17.0. The minimum atomic E-state index is -4.01. The van der Waals surface area contributed by atoms with Crippen LogP contribution in [0.25, 0.3) is 22.4 Å². The van der Waals surface area contributed by atoms with E-state index in [0.29, 0.717) is 46.7 Å². The minimum Gasteiger partial charge on any atom is -0.497 e. The van der Waals surface area contributed by atoms with E-state index in [4.69, 9.17) is 19.6 Å². The number of aryl methyl sites for hydroxylation is 1. The molecule has 3 rings (SSSR count). The number of hydrogen-bond donors (Lipinski definition) is 3. The standard InChI is InChI=1S/C20H21N3O6S/c1-28-14-11-9-13(10-12-14)20-19(15-5-2-3-7-17(15)30(21,26)27)16(29-23-20)6-4-8-18(24)22-25/h2-3,5,7,9-12,25H,4,6,8H2,1H3,(H,22,24)(H2,21,26,27). The number of benzene rings is 2. The van der Waals surface area contributed by atoms with Crippen LogP contribution in [-0.2, 0) is 21.2 Å². The summed E-state index contributed by atoms with van der Waals surface area (Å²) in [4.78, 5) is 11.3. The third-order valence-corrected chi connectivity index (χ3v) is 5.49. The van der Waals surface area contributed by atoms with Gasteiger partial charge in [-0.2, -0.15) is 0 Å². The van der Waals surface area contributed by atoms with Gasteiger partial charge < -0.3 is 9.26 Å². The fraction of sp³-hybridized carbons (Fsp3) is 0.200. The van der Waals surface area contributed by atoms with Gasteiger partial charge in [0.25, 0.3) is 0 Å². The van der Waals surface area contributed by atoms with Gasteiger partial charge in [-0.05, 0) is 36.8 Å². The average Bonchev–Trinajstić information content (AvgIpc) is 3.16. The molecule has 3 aromatic rings. The second-order valence-electron chi connectivity index (χ2n) is 6.49. The van der Waals surface area contributed by atoms with Crippen molar-refractivity contribution in [2.45, 2.75) is 24.2 Å². The molecule has 0 saturated heterocycles. The van der Waals surface area contributed by atoms with Crippen molar-refractivity contribution in [1.82, 2.24) is 10.6 Å². The molecule has 4 N–H and O–H groups in total. The van der Waals surface area contributed by atoms with Gasteiger partial charge in [-0.3, -0.25) is 10.0 Å². The third kappa shape index (κ3) is 4.67. The summed E-state index contributed by atoms with van der Waals surface area (Å²) >= 11 is 0. The topological polar surface area (TPSA) is 145 Å². The van der Waals surface area contributed by atoms with Crippen LogP contribution < -0.4 is 15.4 Å². The largest absolute Gasteiger partial charge is 0.497 e. The molecule has 0 radical (unpaired) electrons. The van der Waals surface area contributed by atoms with Gasteiger partial charge in [0.05, 0.1) is 17.6 Å². The summed E-state index contributed by atoms with van der Waals surface area (Å²) in [5.41, 5.74) is 3.54. The SMILES string of the molecule is COc1ccc(-c2noc(CCCC(=O)NO)c2-c2ccccc2S(N)(=O)=O)cc1. The molecule has 30 heavy (non-hydrogen) atoms. The second kappa shape index (κ2) is 9.08. The molecule has 0 aliphatic carbocycles. The predicted octanol–water partition coefficient (Wildman–Crippen LogP) is 2.49. The number of amides is 1.